The normalized spacial score (nSPS) is 11.3. The van der Waals surface area contributed by atoms with Crippen molar-refractivity contribution < 1.29 is 0 Å². The molecule has 2 nitrogen and oxygen atoms in total. The summed E-state index contributed by atoms with van der Waals surface area (Å²) in [5, 5.41) is 9.70. The number of fused-ring (bicyclic) bond motifs is 4. The molecule has 10 aromatic carbocycles. The first-order valence-corrected chi connectivity index (χ1v) is 18.5. The molecular formula is C52H36N2. The van der Waals surface area contributed by atoms with E-state index in [9.17, 15) is 0 Å². The molecule has 2 heteroatoms. The summed E-state index contributed by atoms with van der Waals surface area (Å²) in [5.74, 6) is 0. The molecule has 0 atom stereocenters. The van der Waals surface area contributed by atoms with Gasteiger partial charge < -0.3 is 9.80 Å². The first-order valence-electron chi connectivity index (χ1n) is 18.5. The maximum absolute atomic E-state index is 2.48. The van der Waals surface area contributed by atoms with Crippen molar-refractivity contribution in [1.82, 2.24) is 0 Å². The van der Waals surface area contributed by atoms with Crippen molar-refractivity contribution in [2.45, 2.75) is 0 Å². The minimum Gasteiger partial charge on any atom is -0.308 e. The topological polar surface area (TPSA) is 6.48 Å². The summed E-state index contributed by atoms with van der Waals surface area (Å²) >= 11 is 0. The minimum atomic E-state index is 1.07. The number of nitrogens with zero attached hydrogens (tertiary/aromatic N) is 2. The molecule has 0 aromatic heterocycles. The van der Waals surface area contributed by atoms with Gasteiger partial charge in [0.05, 0.1) is 22.7 Å². The standard InChI is InChI=1S/C52H36N2/c1-4-17-37(18-5-1)46-29-16-32-51(53(44-25-6-2-7-26-44)49-30-14-23-42-33-38-19-10-12-21-40(38)35-47(42)49)52(46)54(45-27-8-3-9-28-45)50-31-15-24-43-34-39-20-11-13-22-41(39)36-48(43)50/h1-36H. The Kier molecular flexibility index (Phi) is 7.85. The van der Waals surface area contributed by atoms with Crippen molar-refractivity contribution in [1.29, 1.82) is 0 Å². The molecule has 0 aliphatic heterocycles. The van der Waals surface area contributed by atoms with Crippen LogP contribution in [0.2, 0.25) is 0 Å². The van der Waals surface area contributed by atoms with Gasteiger partial charge in [0.1, 0.15) is 0 Å². The lowest BCUT2D eigenvalue weighted by molar-refractivity contribution is 1.24. The minimum absolute atomic E-state index is 1.07. The molecule has 0 spiro atoms. The van der Waals surface area contributed by atoms with Crippen LogP contribution in [-0.4, -0.2) is 0 Å². The molecule has 0 N–H and O–H groups in total. The van der Waals surface area contributed by atoms with Crippen LogP contribution >= 0.6 is 0 Å². The van der Waals surface area contributed by atoms with Crippen LogP contribution in [0.15, 0.2) is 218 Å². The molecule has 10 rings (SSSR count). The third-order valence-corrected chi connectivity index (χ3v) is 10.5. The van der Waals surface area contributed by atoms with Crippen molar-refractivity contribution >= 4 is 77.2 Å². The van der Waals surface area contributed by atoms with Crippen molar-refractivity contribution in [2.75, 3.05) is 9.80 Å². The average Bonchev–Trinajstić information content (AvgIpc) is 3.24. The van der Waals surface area contributed by atoms with Crippen LogP contribution in [0, 0.1) is 0 Å². The smallest absolute Gasteiger partial charge is 0.0781 e. The van der Waals surface area contributed by atoms with Gasteiger partial charge in [-0.05, 0) is 105 Å². The maximum atomic E-state index is 2.48. The van der Waals surface area contributed by atoms with E-state index in [-0.39, 0.29) is 0 Å². The van der Waals surface area contributed by atoms with Gasteiger partial charge in [-0.2, -0.15) is 0 Å². The molecule has 0 unspecified atom stereocenters. The Bertz CT molecular complexity index is 2940. The van der Waals surface area contributed by atoms with Crippen LogP contribution in [0.4, 0.5) is 34.1 Å². The van der Waals surface area contributed by atoms with Gasteiger partial charge in [-0.3, -0.25) is 0 Å². The van der Waals surface area contributed by atoms with Gasteiger partial charge in [-0.1, -0.05) is 152 Å². The summed E-state index contributed by atoms with van der Waals surface area (Å²) in [6, 6.07) is 79.2. The van der Waals surface area contributed by atoms with Gasteiger partial charge in [-0.25, -0.2) is 0 Å². The molecular weight excluding hydrogens is 653 g/mol. The van der Waals surface area contributed by atoms with Crippen LogP contribution in [0.3, 0.4) is 0 Å². The molecule has 254 valence electrons. The number of hydrogen-bond acceptors (Lipinski definition) is 2. The second-order valence-electron chi connectivity index (χ2n) is 13.8. The number of benzene rings is 10. The van der Waals surface area contributed by atoms with Crippen LogP contribution in [-0.2, 0) is 0 Å². The number of rotatable bonds is 7. The monoisotopic (exact) mass is 688 g/mol. The molecule has 0 saturated heterocycles. The highest BCUT2D eigenvalue weighted by molar-refractivity contribution is 6.11. The average molecular weight is 689 g/mol. The van der Waals surface area contributed by atoms with Crippen LogP contribution in [0.1, 0.15) is 0 Å². The van der Waals surface area contributed by atoms with E-state index in [1.165, 1.54) is 43.1 Å². The summed E-state index contributed by atoms with van der Waals surface area (Å²) in [5.41, 5.74) is 8.86. The first kappa shape index (κ1) is 31.6. The number of anilines is 6. The molecule has 0 amide bonds. The lowest BCUT2D eigenvalue weighted by atomic mass is 9.96. The summed E-state index contributed by atoms with van der Waals surface area (Å²) < 4.78 is 0. The molecule has 0 aliphatic carbocycles. The number of para-hydroxylation sites is 3. The van der Waals surface area contributed by atoms with Crippen molar-refractivity contribution in [2.24, 2.45) is 0 Å². The fraction of sp³-hybridized carbons (Fsp3) is 0. The van der Waals surface area contributed by atoms with Gasteiger partial charge in [-0.15, -0.1) is 0 Å². The predicted molar refractivity (Wildman–Crippen MR) is 231 cm³/mol. The largest absolute Gasteiger partial charge is 0.308 e. The van der Waals surface area contributed by atoms with E-state index in [0.29, 0.717) is 0 Å². The zero-order chi connectivity index (χ0) is 35.8. The Hall–Kier alpha value is -7.16. The quantitative estimate of drug-likeness (QED) is 0.154. The fourth-order valence-corrected chi connectivity index (χ4v) is 8.04. The highest BCUT2D eigenvalue weighted by atomic mass is 15.2. The lowest BCUT2D eigenvalue weighted by Crippen LogP contribution is -2.18. The highest BCUT2D eigenvalue weighted by Gasteiger charge is 2.27. The van der Waals surface area contributed by atoms with Crippen LogP contribution in [0.5, 0.6) is 0 Å². The molecule has 0 heterocycles. The third-order valence-electron chi connectivity index (χ3n) is 10.5. The molecule has 0 bridgehead atoms. The van der Waals surface area contributed by atoms with E-state index < -0.39 is 0 Å². The van der Waals surface area contributed by atoms with E-state index in [4.69, 9.17) is 0 Å². The Labute approximate surface area is 315 Å². The van der Waals surface area contributed by atoms with E-state index >= 15 is 0 Å². The third kappa shape index (κ3) is 5.53. The van der Waals surface area contributed by atoms with E-state index in [1.807, 2.05) is 0 Å². The van der Waals surface area contributed by atoms with Crippen molar-refractivity contribution in [3.8, 4) is 11.1 Å². The van der Waals surface area contributed by atoms with Gasteiger partial charge in [0, 0.05) is 27.7 Å². The summed E-state index contributed by atoms with van der Waals surface area (Å²) in [7, 11) is 0. The second kappa shape index (κ2) is 13.4. The van der Waals surface area contributed by atoms with Gasteiger partial charge in [0.2, 0.25) is 0 Å². The Morgan fingerprint density at radius 3 is 1.19 bits per heavy atom. The van der Waals surface area contributed by atoms with Gasteiger partial charge in [0.15, 0.2) is 0 Å². The molecule has 54 heavy (non-hydrogen) atoms. The summed E-state index contributed by atoms with van der Waals surface area (Å²) in [4.78, 5) is 4.93. The summed E-state index contributed by atoms with van der Waals surface area (Å²) in [6.07, 6.45) is 0. The predicted octanol–water partition coefficient (Wildman–Crippen LogP) is 14.9. The van der Waals surface area contributed by atoms with Gasteiger partial charge >= 0.3 is 0 Å². The lowest BCUT2D eigenvalue weighted by Gasteiger charge is -2.35. The van der Waals surface area contributed by atoms with Crippen LogP contribution in [0.25, 0.3) is 54.2 Å². The SMILES string of the molecule is c1ccc(-c2cccc(N(c3ccccc3)c3cccc4cc5ccccc5cc34)c2N(c2ccccc2)c2cccc3cc4ccccc4cc23)cc1. The molecule has 10 aromatic rings. The molecule has 0 aliphatic rings. The molecule has 0 fully saturated rings. The fourth-order valence-electron chi connectivity index (χ4n) is 8.04. The first-order chi connectivity index (χ1) is 26.8. The van der Waals surface area contributed by atoms with Gasteiger partial charge in [0.25, 0.3) is 0 Å². The summed E-state index contributed by atoms with van der Waals surface area (Å²) in [6.45, 7) is 0. The van der Waals surface area contributed by atoms with Crippen LogP contribution < -0.4 is 9.80 Å². The van der Waals surface area contributed by atoms with Crippen molar-refractivity contribution in [3.63, 3.8) is 0 Å². The van der Waals surface area contributed by atoms with E-state index in [2.05, 4.69) is 228 Å². The zero-order valence-corrected chi connectivity index (χ0v) is 29.7. The molecule has 0 radical (unpaired) electrons. The highest BCUT2D eigenvalue weighted by Crippen LogP contribution is 2.52. The van der Waals surface area contributed by atoms with E-state index in [0.717, 1.165) is 45.3 Å². The van der Waals surface area contributed by atoms with Crippen molar-refractivity contribution in [3.05, 3.63) is 218 Å². The molecule has 0 saturated carbocycles. The Morgan fingerprint density at radius 1 is 0.259 bits per heavy atom. The zero-order valence-electron chi connectivity index (χ0n) is 29.7. The Balaban J connectivity index is 1.33. The maximum Gasteiger partial charge on any atom is 0.0781 e. The van der Waals surface area contributed by atoms with E-state index in [1.54, 1.807) is 0 Å². The second-order valence-corrected chi connectivity index (χ2v) is 13.8. The number of hydrogen-bond donors (Lipinski definition) is 0. The Morgan fingerprint density at radius 2 is 0.648 bits per heavy atom.